The zero-order valence-electron chi connectivity index (χ0n) is 18.9. The lowest BCUT2D eigenvalue weighted by molar-refractivity contribution is 0.0947. The summed E-state index contributed by atoms with van der Waals surface area (Å²) in [6, 6.07) is 10.4. The van der Waals surface area contributed by atoms with E-state index in [2.05, 4.69) is 53.8 Å². The van der Waals surface area contributed by atoms with E-state index in [9.17, 15) is 4.79 Å². The van der Waals surface area contributed by atoms with Crippen LogP contribution in [0.3, 0.4) is 0 Å². The van der Waals surface area contributed by atoms with Crippen LogP contribution < -0.4 is 5.32 Å². The van der Waals surface area contributed by atoms with E-state index in [1.165, 1.54) is 61.4 Å². The van der Waals surface area contributed by atoms with E-state index in [1.807, 2.05) is 12.1 Å². The van der Waals surface area contributed by atoms with Gasteiger partial charge in [-0.15, -0.1) is 0 Å². The molecule has 2 aliphatic rings. The third-order valence-electron chi connectivity index (χ3n) is 6.75. The Hall–Kier alpha value is -2.07. The van der Waals surface area contributed by atoms with Crippen molar-refractivity contribution in [3.05, 3.63) is 52.8 Å². The lowest BCUT2D eigenvalue weighted by Crippen LogP contribution is -2.40. The molecule has 1 aromatic heterocycles. The number of likely N-dealkylation sites (tertiary alicyclic amines) is 1. The van der Waals surface area contributed by atoms with Gasteiger partial charge in [0.15, 0.2) is 0 Å². The van der Waals surface area contributed by atoms with Crippen LogP contribution in [0.2, 0.25) is 0 Å². The largest absolute Gasteiger partial charge is 0.352 e. The first-order valence-corrected chi connectivity index (χ1v) is 11.8. The molecular formula is C26H37N3O. The molecule has 1 amide bonds. The summed E-state index contributed by atoms with van der Waals surface area (Å²) in [5.41, 5.74) is 6.16. The molecule has 0 spiro atoms. The van der Waals surface area contributed by atoms with Crippen molar-refractivity contribution in [1.82, 2.24) is 14.8 Å². The fourth-order valence-corrected chi connectivity index (χ4v) is 5.56. The van der Waals surface area contributed by atoms with E-state index in [0.717, 1.165) is 43.3 Å². The minimum atomic E-state index is 0.0354. The summed E-state index contributed by atoms with van der Waals surface area (Å²) in [6.07, 6.45) is 7.27. The Bertz CT molecular complexity index is 857. The van der Waals surface area contributed by atoms with Gasteiger partial charge in [-0.3, -0.25) is 4.79 Å². The van der Waals surface area contributed by atoms with Crippen LogP contribution in [0.5, 0.6) is 0 Å². The summed E-state index contributed by atoms with van der Waals surface area (Å²) in [6.45, 7) is 11.1. The fraction of sp³-hybridized carbons (Fsp3) is 0.577. The maximum atomic E-state index is 12.6. The van der Waals surface area contributed by atoms with Crippen molar-refractivity contribution in [3.8, 4) is 5.69 Å². The molecule has 4 rings (SSSR count). The normalized spacial score (nSPS) is 22.0. The Morgan fingerprint density at radius 2 is 1.77 bits per heavy atom. The Kier molecular flexibility index (Phi) is 6.62. The molecule has 0 bridgehead atoms. The number of hydrogen-bond donors (Lipinski definition) is 1. The smallest absolute Gasteiger partial charge is 0.251 e. The third-order valence-corrected chi connectivity index (χ3v) is 6.75. The molecule has 162 valence electrons. The second-order valence-electron chi connectivity index (χ2n) is 9.66. The molecule has 1 aromatic carbocycles. The topological polar surface area (TPSA) is 37.3 Å². The van der Waals surface area contributed by atoms with Crippen molar-refractivity contribution in [2.24, 2.45) is 11.8 Å². The minimum Gasteiger partial charge on any atom is -0.352 e. The van der Waals surface area contributed by atoms with Crippen LogP contribution >= 0.6 is 0 Å². The van der Waals surface area contributed by atoms with Gasteiger partial charge in [-0.05, 0) is 99.7 Å². The quantitative estimate of drug-likeness (QED) is 0.701. The highest BCUT2D eigenvalue weighted by Crippen LogP contribution is 2.28. The number of carbonyl (C=O) groups is 1. The zero-order valence-corrected chi connectivity index (χ0v) is 18.9. The van der Waals surface area contributed by atoms with Crippen molar-refractivity contribution < 1.29 is 4.79 Å². The van der Waals surface area contributed by atoms with E-state index >= 15 is 0 Å². The van der Waals surface area contributed by atoms with Crippen molar-refractivity contribution in [3.63, 3.8) is 0 Å². The number of hydrogen-bond acceptors (Lipinski definition) is 2. The molecule has 2 heterocycles. The van der Waals surface area contributed by atoms with E-state index in [4.69, 9.17) is 0 Å². The molecule has 4 heteroatoms. The van der Waals surface area contributed by atoms with Crippen molar-refractivity contribution in [1.29, 1.82) is 0 Å². The molecule has 1 saturated heterocycles. The van der Waals surface area contributed by atoms with Crippen LogP contribution in [0.25, 0.3) is 5.69 Å². The Morgan fingerprint density at radius 1 is 1.07 bits per heavy atom. The van der Waals surface area contributed by atoms with Crippen molar-refractivity contribution >= 4 is 5.91 Å². The Morgan fingerprint density at radius 3 is 2.50 bits per heavy atom. The van der Waals surface area contributed by atoms with E-state index in [-0.39, 0.29) is 5.91 Å². The van der Waals surface area contributed by atoms with Gasteiger partial charge < -0.3 is 14.8 Å². The SMILES string of the molecule is Cc1cc2c(n1-c1ccc(C(=O)NCCCN3C[C@@H](C)C[C@H](C)C3)cc1)CCCC2. The summed E-state index contributed by atoms with van der Waals surface area (Å²) in [5, 5.41) is 3.10. The van der Waals surface area contributed by atoms with Gasteiger partial charge in [-0.2, -0.15) is 0 Å². The molecule has 1 aliphatic carbocycles. The number of aryl methyl sites for hydroxylation is 2. The minimum absolute atomic E-state index is 0.0354. The molecule has 0 saturated carbocycles. The summed E-state index contributed by atoms with van der Waals surface area (Å²) in [4.78, 5) is 15.1. The predicted octanol–water partition coefficient (Wildman–Crippen LogP) is 4.76. The maximum absolute atomic E-state index is 12.6. The van der Waals surface area contributed by atoms with E-state index in [0.29, 0.717) is 0 Å². The predicted molar refractivity (Wildman–Crippen MR) is 123 cm³/mol. The first-order chi connectivity index (χ1) is 14.5. The van der Waals surface area contributed by atoms with Gasteiger partial charge in [-0.1, -0.05) is 13.8 Å². The van der Waals surface area contributed by atoms with Crippen molar-refractivity contribution in [2.75, 3.05) is 26.2 Å². The molecule has 4 nitrogen and oxygen atoms in total. The number of nitrogens with one attached hydrogen (secondary N) is 1. The van der Waals surface area contributed by atoms with Gasteiger partial charge in [0, 0.05) is 42.3 Å². The maximum Gasteiger partial charge on any atom is 0.251 e. The second-order valence-corrected chi connectivity index (χ2v) is 9.66. The summed E-state index contributed by atoms with van der Waals surface area (Å²) < 4.78 is 2.37. The van der Waals surface area contributed by atoms with Gasteiger partial charge in [-0.25, -0.2) is 0 Å². The molecule has 2 atom stereocenters. The average Bonchev–Trinajstić information content (AvgIpc) is 3.06. The first-order valence-electron chi connectivity index (χ1n) is 11.8. The van der Waals surface area contributed by atoms with Crippen LogP contribution in [-0.4, -0.2) is 41.6 Å². The highest BCUT2D eigenvalue weighted by molar-refractivity contribution is 5.94. The van der Waals surface area contributed by atoms with E-state index in [1.54, 1.807) is 0 Å². The number of fused-ring (bicyclic) bond motifs is 1. The summed E-state index contributed by atoms with van der Waals surface area (Å²) in [7, 11) is 0. The highest BCUT2D eigenvalue weighted by Gasteiger charge is 2.21. The monoisotopic (exact) mass is 407 g/mol. The standard InChI is InChI=1S/C26H37N3O/c1-19-15-20(2)18-28(17-19)14-6-13-27-26(30)22-9-11-24(12-10-22)29-21(3)16-23-7-4-5-8-25(23)29/h9-12,16,19-20H,4-8,13-15,17-18H2,1-3H3,(H,27,30)/t19-,20-/m0/s1. The van der Waals surface area contributed by atoms with E-state index < -0.39 is 0 Å². The Balaban J connectivity index is 1.30. The number of aromatic nitrogens is 1. The van der Waals surface area contributed by atoms with Gasteiger partial charge >= 0.3 is 0 Å². The number of carbonyl (C=O) groups excluding carboxylic acids is 1. The number of nitrogens with zero attached hydrogens (tertiary/aromatic N) is 2. The molecule has 1 fully saturated rings. The fourth-order valence-electron chi connectivity index (χ4n) is 5.56. The van der Waals surface area contributed by atoms with Crippen molar-refractivity contribution in [2.45, 2.75) is 59.3 Å². The average molecular weight is 408 g/mol. The number of benzene rings is 1. The zero-order chi connectivity index (χ0) is 21.1. The van der Waals surface area contributed by atoms with Gasteiger partial charge in [0.1, 0.15) is 0 Å². The lowest BCUT2D eigenvalue weighted by atomic mass is 9.92. The van der Waals surface area contributed by atoms with Crippen LogP contribution in [0, 0.1) is 18.8 Å². The molecule has 0 radical (unpaired) electrons. The van der Waals surface area contributed by atoms with Gasteiger partial charge in [0.05, 0.1) is 0 Å². The third kappa shape index (κ3) is 4.80. The highest BCUT2D eigenvalue weighted by atomic mass is 16.1. The van der Waals surface area contributed by atoms with Gasteiger partial charge in [0.2, 0.25) is 0 Å². The van der Waals surface area contributed by atoms with Crippen LogP contribution in [0.4, 0.5) is 0 Å². The molecule has 30 heavy (non-hydrogen) atoms. The molecule has 1 aliphatic heterocycles. The summed E-state index contributed by atoms with van der Waals surface area (Å²) >= 11 is 0. The number of piperidine rings is 1. The van der Waals surface area contributed by atoms with Crippen LogP contribution in [0.1, 0.15) is 66.8 Å². The second kappa shape index (κ2) is 9.38. The molecule has 2 aromatic rings. The first kappa shape index (κ1) is 21.2. The molecular weight excluding hydrogens is 370 g/mol. The Labute approximate surface area is 181 Å². The molecule has 0 unspecified atom stereocenters. The number of amides is 1. The van der Waals surface area contributed by atoms with Crippen LogP contribution in [0.15, 0.2) is 30.3 Å². The van der Waals surface area contributed by atoms with Gasteiger partial charge in [0.25, 0.3) is 5.91 Å². The molecule has 1 N–H and O–H groups in total. The summed E-state index contributed by atoms with van der Waals surface area (Å²) in [5.74, 6) is 1.61. The van der Waals surface area contributed by atoms with Crippen LogP contribution in [-0.2, 0) is 12.8 Å². The lowest BCUT2D eigenvalue weighted by Gasteiger charge is -2.34. The number of rotatable bonds is 6.